The molecule has 0 bridgehead atoms. The number of nitriles is 1. The smallest absolute Gasteiger partial charge is 0.128 e. The van der Waals surface area contributed by atoms with Gasteiger partial charge in [0.1, 0.15) is 5.75 Å². The van der Waals surface area contributed by atoms with Gasteiger partial charge in [0.25, 0.3) is 0 Å². The lowest BCUT2D eigenvalue weighted by atomic mass is 10.0. The van der Waals surface area contributed by atoms with Crippen LogP contribution in [-0.4, -0.2) is 6.61 Å². The zero-order valence-electron chi connectivity index (χ0n) is 16.0. The highest BCUT2D eigenvalue weighted by molar-refractivity contribution is 5.71. The van der Waals surface area contributed by atoms with Crippen LogP contribution in [0.25, 0.3) is 11.1 Å². The highest BCUT2D eigenvalue weighted by atomic mass is 16.5. The molecule has 2 nitrogen and oxygen atoms in total. The Labute approximate surface area is 158 Å². The van der Waals surface area contributed by atoms with Crippen molar-refractivity contribution in [1.29, 1.82) is 5.26 Å². The van der Waals surface area contributed by atoms with Crippen LogP contribution in [0.4, 0.5) is 0 Å². The Morgan fingerprint density at radius 3 is 2.12 bits per heavy atom. The molecule has 0 atom stereocenters. The molecule has 0 saturated carbocycles. The van der Waals surface area contributed by atoms with E-state index in [1.807, 2.05) is 36.4 Å². The summed E-state index contributed by atoms with van der Waals surface area (Å²) in [6.07, 6.45) is 11.7. The van der Waals surface area contributed by atoms with Gasteiger partial charge in [0, 0.05) is 5.56 Å². The summed E-state index contributed by atoms with van der Waals surface area (Å²) in [7, 11) is 0. The molecule has 2 aromatic rings. The molecule has 0 saturated heterocycles. The molecule has 0 aliphatic rings. The highest BCUT2D eigenvalue weighted by Crippen LogP contribution is 2.31. The number of nitrogens with zero attached hydrogens (tertiary/aromatic N) is 1. The van der Waals surface area contributed by atoms with E-state index in [9.17, 15) is 0 Å². The summed E-state index contributed by atoms with van der Waals surface area (Å²) in [6.45, 7) is 2.97. The molecule has 0 aromatic heterocycles. The largest absolute Gasteiger partial charge is 0.493 e. The standard InChI is InChI=1S/C24H31NO/c1-2-3-4-5-6-7-8-9-13-18-26-24-19-21(20-25)16-17-23(24)22-14-11-10-12-15-22/h10-12,14-17,19H,2-9,13,18H2,1H3. The number of hydrogen-bond donors (Lipinski definition) is 0. The van der Waals surface area contributed by atoms with Gasteiger partial charge in [-0.3, -0.25) is 0 Å². The maximum absolute atomic E-state index is 9.16. The van der Waals surface area contributed by atoms with Gasteiger partial charge in [-0.1, -0.05) is 88.6 Å². The van der Waals surface area contributed by atoms with Crippen molar-refractivity contribution < 1.29 is 4.74 Å². The molecule has 0 radical (unpaired) electrons. The Hall–Kier alpha value is -2.27. The molecule has 0 aliphatic carbocycles. The quantitative estimate of drug-likeness (QED) is 0.382. The SMILES string of the molecule is CCCCCCCCCCCOc1cc(C#N)ccc1-c1ccccc1. The van der Waals surface area contributed by atoms with Crippen LogP contribution in [0.5, 0.6) is 5.75 Å². The Morgan fingerprint density at radius 1 is 0.808 bits per heavy atom. The molecule has 0 unspecified atom stereocenters. The van der Waals surface area contributed by atoms with E-state index >= 15 is 0 Å². The predicted molar refractivity (Wildman–Crippen MR) is 109 cm³/mol. The second-order valence-corrected chi connectivity index (χ2v) is 6.87. The van der Waals surface area contributed by atoms with Gasteiger partial charge in [-0.05, 0) is 30.2 Å². The van der Waals surface area contributed by atoms with Crippen molar-refractivity contribution in [2.24, 2.45) is 0 Å². The second kappa shape index (κ2) is 12.1. The minimum atomic E-state index is 0.645. The van der Waals surface area contributed by atoms with Gasteiger partial charge in [-0.2, -0.15) is 5.26 Å². The lowest BCUT2D eigenvalue weighted by Gasteiger charge is -2.12. The Kier molecular flexibility index (Phi) is 9.36. The molecule has 0 heterocycles. The minimum absolute atomic E-state index is 0.645. The Balaban J connectivity index is 1.77. The van der Waals surface area contributed by atoms with E-state index in [0.29, 0.717) is 12.2 Å². The third-order valence-electron chi connectivity index (χ3n) is 4.70. The molecule has 26 heavy (non-hydrogen) atoms. The van der Waals surface area contributed by atoms with Crippen molar-refractivity contribution in [3.05, 3.63) is 54.1 Å². The average Bonchev–Trinajstić information content (AvgIpc) is 2.70. The summed E-state index contributed by atoms with van der Waals surface area (Å²) in [5.41, 5.74) is 2.83. The molecule has 2 aromatic carbocycles. The van der Waals surface area contributed by atoms with Gasteiger partial charge in [-0.25, -0.2) is 0 Å². The van der Waals surface area contributed by atoms with Gasteiger partial charge in [0.2, 0.25) is 0 Å². The van der Waals surface area contributed by atoms with E-state index in [1.165, 1.54) is 51.4 Å². The average molecular weight is 350 g/mol. The van der Waals surface area contributed by atoms with Crippen molar-refractivity contribution >= 4 is 0 Å². The summed E-state index contributed by atoms with van der Waals surface area (Å²) in [5.74, 6) is 0.815. The molecular weight excluding hydrogens is 318 g/mol. The van der Waals surface area contributed by atoms with Crippen LogP contribution in [0.15, 0.2) is 48.5 Å². The molecule has 0 N–H and O–H groups in total. The summed E-state index contributed by atoms with van der Waals surface area (Å²) >= 11 is 0. The van der Waals surface area contributed by atoms with Gasteiger partial charge in [0.15, 0.2) is 0 Å². The van der Waals surface area contributed by atoms with Crippen LogP contribution in [0, 0.1) is 11.3 Å². The maximum atomic E-state index is 9.16. The molecular formula is C24H31NO. The monoisotopic (exact) mass is 349 g/mol. The fraction of sp³-hybridized carbons (Fsp3) is 0.458. The minimum Gasteiger partial charge on any atom is -0.493 e. The van der Waals surface area contributed by atoms with E-state index in [-0.39, 0.29) is 0 Å². The first-order valence-corrected chi connectivity index (χ1v) is 10.1. The van der Waals surface area contributed by atoms with E-state index in [2.05, 4.69) is 25.1 Å². The van der Waals surface area contributed by atoms with Crippen LogP contribution >= 0.6 is 0 Å². The van der Waals surface area contributed by atoms with Gasteiger partial charge >= 0.3 is 0 Å². The van der Waals surface area contributed by atoms with Crippen molar-refractivity contribution in [3.63, 3.8) is 0 Å². The van der Waals surface area contributed by atoms with Crippen molar-refractivity contribution in [1.82, 2.24) is 0 Å². The van der Waals surface area contributed by atoms with Crippen LogP contribution in [-0.2, 0) is 0 Å². The Morgan fingerprint density at radius 2 is 1.46 bits per heavy atom. The number of rotatable bonds is 12. The number of ether oxygens (including phenoxy) is 1. The number of hydrogen-bond acceptors (Lipinski definition) is 2. The molecule has 0 fully saturated rings. The predicted octanol–water partition coefficient (Wildman–Crippen LogP) is 7.13. The summed E-state index contributed by atoms with van der Waals surface area (Å²) in [5, 5.41) is 9.16. The summed E-state index contributed by atoms with van der Waals surface area (Å²) in [4.78, 5) is 0. The normalized spacial score (nSPS) is 10.5. The fourth-order valence-electron chi connectivity index (χ4n) is 3.16. The highest BCUT2D eigenvalue weighted by Gasteiger charge is 2.07. The fourth-order valence-corrected chi connectivity index (χ4v) is 3.16. The summed E-state index contributed by atoms with van der Waals surface area (Å²) in [6, 6.07) is 18.1. The first kappa shape index (κ1) is 20.0. The van der Waals surface area contributed by atoms with Gasteiger partial charge in [0.05, 0.1) is 18.2 Å². The van der Waals surface area contributed by atoms with Crippen molar-refractivity contribution in [2.75, 3.05) is 6.61 Å². The lowest BCUT2D eigenvalue weighted by Crippen LogP contribution is -1.99. The van der Waals surface area contributed by atoms with E-state index in [4.69, 9.17) is 10.00 Å². The van der Waals surface area contributed by atoms with E-state index in [0.717, 1.165) is 23.3 Å². The number of unbranched alkanes of at least 4 members (excludes halogenated alkanes) is 8. The van der Waals surface area contributed by atoms with Crippen LogP contribution in [0.3, 0.4) is 0 Å². The molecule has 2 heteroatoms. The van der Waals surface area contributed by atoms with E-state index < -0.39 is 0 Å². The van der Waals surface area contributed by atoms with Crippen molar-refractivity contribution in [3.8, 4) is 22.9 Å². The molecule has 0 aliphatic heterocycles. The third kappa shape index (κ3) is 6.92. The van der Waals surface area contributed by atoms with Gasteiger partial charge < -0.3 is 4.74 Å². The number of benzene rings is 2. The first-order chi connectivity index (χ1) is 12.8. The zero-order valence-corrected chi connectivity index (χ0v) is 16.0. The van der Waals surface area contributed by atoms with E-state index in [1.54, 1.807) is 0 Å². The van der Waals surface area contributed by atoms with Crippen LogP contribution < -0.4 is 4.74 Å². The molecule has 0 amide bonds. The molecule has 2 rings (SSSR count). The van der Waals surface area contributed by atoms with Crippen LogP contribution in [0.1, 0.15) is 70.3 Å². The zero-order chi connectivity index (χ0) is 18.5. The molecule has 138 valence electrons. The summed E-state index contributed by atoms with van der Waals surface area (Å²) < 4.78 is 6.04. The first-order valence-electron chi connectivity index (χ1n) is 10.1. The second-order valence-electron chi connectivity index (χ2n) is 6.87. The molecule has 0 spiro atoms. The Bertz CT molecular complexity index is 672. The maximum Gasteiger partial charge on any atom is 0.128 e. The van der Waals surface area contributed by atoms with Gasteiger partial charge in [-0.15, -0.1) is 0 Å². The third-order valence-corrected chi connectivity index (χ3v) is 4.70. The van der Waals surface area contributed by atoms with Crippen LogP contribution in [0.2, 0.25) is 0 Å². The topological polar surface area (TPSA) is 33.0 Å². The lowest BCUT2D eigenvalue weighted by molar-refractivity contribution is 0.305. The van der Waals surface area contributed by atoms with Crippen molar-refractivity contribution in [2.45, 2.75) is 64.7 Å².